The van der Waals surface area contributed by atoms with Crippen LogP contribution < -0.4 is 0 Å². The Morgan fingerprint density at radius 1 is 1.50 bits per heavy atom. The summed E-state index contributed by atoms with van der Waals surface area (Å²) in [5, 5.41) is 9.17. The maximum absolute atomic E-state index is 11.8. The van der Waals surface area contributed by atoms with E-state index in [0.29, 0.717) is 6.42 Å². The van der Waals surface area contributed by atoms with E-state index >= 15 is 0 Å². The zero-order valence-corrected chi connectivity index (χ0v) is 10.9. The Labute approximate surface area is 106 Å². The molecule has 1 N–H and O–H groups in total. The molecular weight excluding hydrogens is 238 g/mol. The van der Waals surface area contributed by atoms with Crippen LogP contribution in [0.15, 0.2) is 0 Å². The molecule has 2 atom stereocenters. The maximum atomic E-state index is 11.8. The number of carboxylic acid groups (broad SMARTS) is 1. The van der Waals surface area contributed by atoms with E-state index in [2.05, 4.69) is 4.74 Å². The van der Waals surface area contributed by atoms with E-state index in [4.69, 9.17) is 0 Å². The van der Waals surface area contributed by atoms with Crippen molar-refractivity contribution in [2.45, 2.75) is 32.7 Å². The molecule has 1 rings (SSSR count). The summed E-state index contributed by atoms with van der Waals surface area (Å²) in [6.07, 6.45) is 0.420. The van der Waals surface area contributed by atoms with Crippen molar-refractivity contribution in [2.24, 2.45) is 11.8 Å². The number of carbonyl (C=O) groups is 3. The summed E-state index contributed by atoms with van der Waals surface area (Å²) in [6, 6.07) is -0.854. The summed E-state index contributed by atoms with van der Waals surface area (Å²) < 4.78 is 4.59. The number of amides is 1. The SMILES string of the molecule is COC(=O)C1CC(=O)N([C@@H](CC(C)C)C(=O)O)C1. The molecule has 0 saturated carbocycles. The largest absolute Gasteiger partial charge is 0.480 e. The van der Waals surface area contributed by atoms with Gasteiger partial charge in [0.25, 0.3) is 0 Å². The van der Waals surface area contributed by atoms with E-state index < -0.39 is 23.9 Å². The molecule has 1 amide bonds. The standard InChI is InChI=1S/C12H19NO5/c1-7(2)4-9(11(15)16)13-6-8(5-10(13)14)12(17)18-3/h7-9H,4-6H2,1-3H3,(H,15,16)/t8?,9-/m0/s1. The van der Waals surface area contributed by atoms with Gasteiger partial charge in [0.2, 0.25) is 5.91 Å². The fourth-order valence-electron chi connectivity index (χ4n) is 2.17. The molecule has 1 aliphatic rings. The zero-order valence-electron chi connectivity index (χ0n) is 10.9. The quantitative estimate of drug-likeness (QED) is 0.725. The Morgan fingerprint density at radius 3 is 2.56 bits per heavy atom. The highest BCUT2D eigenvalue weighted by Gasteiger charge is 2.41. The van der Waals surface area contributed by atoms with Gasteiger partial charge >= 0.3 is 11.9 Å². The molecule has 1 heterocycles. The van der Waals surface area contributed by atoms with Crippen molar-refractivity contribution < 1.29 is 24.2 Å². The van der Waals surface area contributed by atoms with Crippen molar-refractivity contribution in [1.82, 2.24) is 4.90 Å². The molecule has 0 aliphatic carbocycles. The van der Waals surface area contributed by atoms with E-state index in [1.807, 2.05) is 13.8 Å². The van der Waals surface area contributed by atoms with Gasteiger partial charge in [-0.1, -0.05) is 13.8 Å². The van der Waals surface area contributed by atoms with Crippen LogP contribution in [-0.4, -0.2) is 47.5 Å². The molecule has 1 saturated heterocycles. The number of hydrogen-bond acceptors (Lipinski definition) is 4. The van der Waals surface area contributed by atoms with Gasteiger partial charge in [0.05, 0.1) is 13.0 Å². The van der Waals surface area contributed by atoms with Gasteiger partial charge in [-0.05, 0) is 12.3 Å². The van der Waals surface area contributed by atoms with Crippen LogP contribution in [0.25, 0.3) is 0 Å². The predicted molar refractivity (Wildman–Crippen MR) is 62.7 cm³/mol. The van der Waals surface area contributed by atoms with Gasteiger partial charge in [0.1, 0.15) is 6.04 Å². The van der Waals surface area contributed by atoms with Crippen LogP contribution >= 0.6 is 0 Å². The number of nitrogens with zero attached hydrogens (tertiary/aromatic N) is 1. The van der Waals surface area contributed by atoms with Gasteiger partial charge in [-0.15, -0.1) is 0 Å². The molecule has 6 heteroatoms. The van der Waals surface area contributed by atoms with Crippen molar-refractivity contribution in [1.29, 1.82) is 0 Å². The number of carboxylic acids is 1. The van der Waals surface area contributed by atoms with Gasteiger partial charge < -0.3 is 14.7 Å². The summed E-state index contributed by atoms with van der Waals surface area (Å²) in [5.41, 5.74) is 0. The minimum absolute atomic E-state index is 0.0363. The number of rotatable bonds is 5. The first kappa shape index (κ1) is 14.5. The lowest BCUT2D eigenvalue weighted by Crippen LogP contribution is -2.43. The summed E-state index contributed by atoms with van der Waals surface area (Å²) >= 11 is 0. The predicted octanol–water partition coefficient (Wildman–Crippen LogP) is 0.507. The topological polar surface area (TPSA) is 83.9 Å². The van der Waals surface area contributed by atoms with E-state index in [1.54, 1.807) is 0 Å². The minimum atomic E-state index is -1.03. The number of hydrogen-bond donors (Lipinski definition) is 1. The highest BCUT2D eigenvalue weighted by Crippen LogP contribution is 2.24. The van der Waals surface area contributed by atoms with E-state index in [1.165, 1.54) is 12.0 Å². The van der Waals surface area contributed by atoms with Crippen molar-refractivity contribution >= 4 is 17.8 Å². The molecule has 6 nitrogen and oxygen atoms in total. The van der Waals surface area contributed by atoms with E-state index in [9.17, 15) is 19.5 Å². The fourth-order valence-corrected chi connectivity index (χ4v) is 2.17. The second-order valence-corrected chi connectivity index (χ2v) is 4.95. The molecule has 102 valence electrons. The Balaban J connectivity index is 2.78. The summed E-state index contributed by atoms with van der Waals surface area (Å²) in [4.78, 5) is 35.6. The third-order valence-electron chi connectivity index (χ3n) is 3.05. The van der Waals surface area contributed by atoms with Crippen molar-refractivity contribution in [3.8, 4) is 0 Å². The molecule has 1 fully saturated rings. The minimum Gasteiger partial charge on any atom is -0.480 e. The third-order valence-corrected chi connectivity index (χ3v) is 3.05. The monoisotopic (exact) mass is 257 g/mol. The molecule has 0 radical (unpaired) electrons. The summed E-state index contributed by atoms with van der Waals surface area (Å²) in [5.74, 6) is -2.16. The normalized spacial score (nSPS) is 21.2. The van der Waals surface area contributed by atoms with Crippen LogP contribution in [0.2, 0.25) is 0 Å². The lowest BCUT2D eigenvalue weighted by molar-refractivity contribution is -0.149. The molecule has 0 aromatic heterocycles. The molecule has 0 spiro atoms. The second kappa shape index (κ2) is 5.84. The third kappa shape index (κ3) is 3.21. The smallest absolute Gasteiger partial charge is 0.326 e. The van der Waals surface area contributed by atoms with Gasteiger partial charge in [-0.2, -0.15) is 0 Å². The first-order valence-corrected chi connectivity index (χ1v) is 5.96. The van der Waals surface area contributed by atoms with Crippen LogP contribution in [0.5, 0.6) is 0 Å². The number of esters is 1. The van der Waals surface area contributed by atoms with Crippen LogP contribution in [0.3, 0.4) is 0 Å². The molecule has 0 aromatic carbocycles. The van der Waals surface area contributed by atoms with Gasteiger partial charge in [-0.25, -0.2) is 4.79 Å². The van der Waals surface area contributed by atoms with Crippen LogP contribution in [0.4, 0.5) is 0 Å². The molecule has 0 bridgehead atoms. The fraction of sp³-hybridized carbons (Fsp3) is 0.750. The van der Waals surface area contributed by atoms with Crippen LogP contribution in [-0.2, 0) is 19.1 Å². The Bertz CT molecular complexity index is 352. The van der Waals surface area contributed by atoms with Crippen LogP contribution in [0.1, 0.15) is 26.7 Å². The number of aliphatic carboxylic acids is 1. The first-order chi connectivity index (χ1) is 8.36. The van der Waals surface area contributed by atoms with Crippen molar-refractivity contribution in [2.75, 3.05) is 13.7 Å². The average molecular weight is 257 g/mol. The lowest BCUT2D eigenvalue weighted by Gasteiger charge is -2.25. The van der Waals surface area contributed by atoms with E-state index in [-0.39, 0.29) is 24.8 Å². The molecule has 1 unspecified atom stereocenters. The Hall–Kier alpha value is -1.59. The average Bonchev–Trinajstić information content (AvgIpc) is 2.66. The number of methoxy groups -OCH3 is 1. The van der Waals surface area contributed by atoms with Crippen LogP contribution in [0, 0.1) is 11.8 Å². The molecule has 18 heavy (non-hydrogen) atoms. The Kier molecular flexibility index (Phi) is 4.69. The van der Waals surface area contributed by atoms with E-state index in [0.717, 1.165) is 0 Å². The summed E-state index contributed by atoms with van der Waals surface area (Å²) in [7, 11) is 1.26. The summed E-state index contributed by atoms with van der Waals surface area (Å²) in [6.45, 7) is 3.93. The molecular formula is C12H19NO5. The highest BCUT2D eigenvalue weighted by molar-refractivity contribution is 5.90. The number of carbonyl (C=O) groups excluding carboxylic acids is 2. The van der Waals surface area contributed by atoms with Crippen molar-refractivity contribution in [3.05, 3.63) is 0 Å². The number of ether oxygens (including phenoxy) is 1. The second-order valence-electron chi connectivity index (χ2n) is 4.95. The molecule has 0 aromatic rings. The number of likely N-dealkylation sites (tertiary alicyclic amines) is 1. The van der Waals surface area contributed by atoms with Gasteiger partial charge in [0.15, 0.2) is 0 Å². The van der Waals surface area contributed by atoms with Gasteiger partial charge in [0, 0.05) is 13.0 Å². The molecule has 1 aliphatic heterocycles. The van der Waals surface area contributed by atoms with Gasteiger partial charge in [-0.3, -0.25) is 9.59 Å². The maximum Gasteiger partial charge on any atom is 0.326 e. The first-order valence-electron chi connectivity index (χ1n) is 5.96. The Morgan fingerprint density at radius 2 is 2.11 bits per heavy atom. The zero-order chi connectivity index (χ0) is 13.9. The van der Waals surface area contributed by atoms with Crippen molar-refractivity contribution in [3.63, 3.8) is 0 Å². The lowest BCUT2D eigenvalue weighted by atomic mass is 10.0. The highest BCUT2D eigenvalue weighted by atomic mass is 16.5.